The highest BCUT2D eigenvalue weighted by atomic mass is 79.9. The summed E-state index contributed by atoms with van der Waals surface area (Å²) in [5.74, 6) is 1.11. The first kappa shape index (κ1) is 16.4. The van der Waals surface area contributed by atoms with Crippen molar-refractivity contribution in [3.63, 3.8) is 0 Å². The van der Waals surface area contributed by atoms with Crippen LogP contribution in [0.15, 0.2) is 56.3 Å². The number of hydrogen-bond acceptors (Lipinski definition) is 3. The monoisotopic (exact) mass is 429 g/mol. The molecule has 0 atom stereocenters. The van der Waals surface area contributed by atoms with Crippen molar-refractivity contribution >= 4 is 55.2 Å². The molecular formula is C15H13Br2NO2S. The summed E-state index contributed by atoms with van der Waals surface area (Å²) in [6, 6.07) is 13.3. The van der Waals surface area contributed by atoms with Crippen LogP contribution in [0.3, 0.4) is 0 Å². The Hall–Kier alpha value is -0.980. The zero-order valence-electron chi connectivity index (χ0n) is 11.2. The lowest BCUT2D eigenvalue weighted by molar-refractivity contribution is -0.113. The van der Waals surface area contributed by atoms with E-state index in [2.05, 4.69) is 37.2 Å². The predicted molar refractivity (Wildman–Crippen MR) is 94.2 cm³/mol. The third-order valence-corrected chi connectivity index (χ3v) is 4.83. The summed E-state index contributed by atoms with van der Waals surface area (Å²) >= 11 is 8.28. The molecule has 0 aliphatic rings. The van der Waals surface area contributed by atoms with E-state index in [4.69, 9.17) is 4.74 Å². The van der Waals surface area contributed by atoms with Crippen LogP contribution in [0.5, 0.6) is 5.75 Å². The summed E-state index contributed by atoms with van der Waals surface area (Å²) in [4.78, 5) is 13.0. The van der Waals surface area contributed by atoms with Gasteiger partial charge in [0.05, 0.1) is 18.6 Å². The first-order valence-electron chi connectivity index (χ1n) is 6.10. The number of carbonyl (C=O) groups is 1. The molecule has 0 unspecified atom stereocenters. The number of nitrogens with one attached hydrogen (secondary N) is 1. The van der Waals surface area contributed by atoms with Crippen molar-refractivity contribution in [2.24, 2.45) is 0 Å². The maximum Gasteiger partial charge on any atom is 0.234 e. The molecule has 0 saturated heterocycles. The quantitative estimate of drug-likeness (QED) is 0.682. The van der Waals surface area contributed by atoms with E-state index in [1.54, 1.807) is 7.11 Å². The van der Waals surface area contributed by atoms with Crippen LogP contribution in [0.1, 0.15) is 0 Å². The third kappa shape index (κ3) is 5.05. The van der Waals surface area contributed by atoms with Crippen molar-refractivity contribution < 1.29 is 9.53 Å². The fourth-order valence-corrected chi connectivity index (χ4v) is 3.01. The summed E-state index contributed by atoms with van der Waals surface area (Å²) < 4.78 is 6.88. The van der Waals surface area contributed by atoms with E-state index in [0.29, 0.717) is 5.75 Å². The van der Waals surface area contributed by atoms with Gasteiger partial charge in [0.25, 0.3) is 0 Å². The van der Waals surface area contributed by atoms with Crippen LogP contribution in [0.4, 0.5) is 5.69 Å². The molecule has 3 nitrogen and oxygen atoms in total. The number of thioether (sulfide) groups is 1. The fraction of sp³-hybridized carbons (Fsp3) is 0.133. The van der Waals surface area contributed by atoms with Gasteiger partial charge in [-0.1, -0.05) is 15.9 Å². The Morgan fingerprint density at radius 1 is 1.19 bits per heavy atom. The van der Waals surface area contributed by atoms with Crippen molar-refractivity contribution in [3.05, 3.63) is 51.4 Å². The van der Waals surface area contributed by atoms with Crippen LogP contribution in [0.2, 0.25) is 0 Å². The van der Waals surface area contributed by atoms with Crippen LogP contribution in [-0.2, 0) is 4.79 Å². The van der Waals surface area contributed by atoms with Crippen LogP contribution in [0, 0.1) is 0 Å². The highest BCUT2D eigenvalue weighted by Gasteiger charge is 2.07. The molecule has 0 radical (unpaired) electrons. The zero-order valence-corrected chi connectivity index (χ0v) is 15.2. The van der Waals surface area contributed by atoms with E-state index in [0.717, 1.165) is 25.3 Å². The average Bonchev–Trinajstić information content (AvgIpc) is 2.49. The summed E-state index contributed by atoms with van der Waals surface area (Å²) in [5, 5.41) is 2.88. The van der Waals surface area contributed by atoms with Gasteiger partial charge in [-0.25, -0.2) is 0 Å². The average molecular weight is 431 g/mol. The second-order valence-corrected chi connectivity index (χ2v) is 6.96. The van der Waals surface area contributed by atoms with Gasteiger partial charge in [0.2, 0.25) is 5.91 Å². The SMILES string of the molecule is COc1ccc(SCC(=O)Nc2cc(Br)ccc2Br)cc1. The van der Waals surface area contributed by atoms with E-state index < -0.39 is 0 Å². The van der Waals surface area contributed by atoms with Gasteiger partial charge < -0.3 is 10.1 Å². The Morgan fingerprint density at radius 2 is 1.90 bits per heavy atom. The molecule has 0 fully saturated rings. The molecule has 0 aliphatic heterocycles. The second kappa shape index (κ2) is 7.87. The zero-order chi connectivity index (χ0) is 15.2. The number of hydrogen-bond donors (Lipinski definition) is 1. The first-order valence-corrected chi connectivity index (χ1v) is 8.67. The highest BCUT2D eigenvalue weighted by molar-refractivity contribution is 9.11. The van der Waals surface area contributed by atoms with Crippen LogP contribution in [-0.4, -0.2) is 18.8 Å². The number of halogens is 2. The molecule has 1 N–H and O–H groups in total. The lowest BCUT2D eigenvalue weighted by atomic mass is 10.3. The number of amides is 1. The van der Waals surface area contributed by atoms with Gasteiger partial charge in [-0.15, -0.1) is 11.8 Å². The standard InChI is InChI=1S/C15H13Br2NO2S/c1-20-11-3-5-12(6-4-11)21-9-15(19)18-14-8-10(16)2-7-13(14)17/h2-8H,9H2,1H3,(H,18,19). The largest absolute Gasteiger partial charge is 0.497 e. The summed E-state index contributed by atoms with van der Waals surface area (Å²) in [6.45, 7) is 0. The van der Waals surface area contributed by atoms with Gasteiger partial charge in [-0.2, -0.15) is 0 Å². The Kier molecular flexibility index (Phi) is 6.14. The minimum absolute atomic E-state index is 0.0466. The topological polar surface area (TPSA) is 38.3 Å². The molecule has 0 aromatic heterocycles. The number of carbonyl (C=O) groups excluding carboxylic acids is 1. The second-order valence-electron chi connectivity index (χ2n) is 4.14. The van der Waals surface area contributed by atoms with Gasteiger partial charge in [0, 0.05) is 13.8 Å². The Bertz CT molecular complexity index is 632. The van der Waals surface area contributed by atoms with E-state index in [1.165, 1.54) is 11.8 Å². The van der Waals surface area contributed by atoms with Crippen LogP contribution >= 0.6 is 43.6 Å². The van der Waals surface area contributed by atoms with E-state index >= 15 is 0 Å². The Balaban J connectivity index is 1.91. The maximum absolute atomic E-state index is 12.0. The maximum atomic E-state index is 12.0. The minimum atomic E-state index is -0.0466. The van der Waals surface area contributed by atoms with Gasteiger partial charge in [-0.3, -0.25) is 4.79 Å². The van der Waals surface area contributed by atoms with Crippen LogP contribution < -0.4 is 10.1 Å². The molecule has 1 amide bonds. The minimum Gasteiger partial charge on any atom is -0.497 e. The lowest BCUT2D eigenvalue weighted by Gasteiger charge is -2.08. The highest BCUT2D eigenvalue weighted by Crippen LogP contribution is 2.27. The molecule has 0 saturated carbocycles. The first-order chi connectivity index (χ1) is 10.1. The van der Waals surface area contributed by atoms with Gasteiger partial charge in [-0.05, 0) is 58.4 Å². The number of rotatable bonds is 5. The molecule has 110 valence electrons. The molecule has 6 heteroatoms. The summed E-state index contributed by atoms with van der Waals surface area (Å²) in [7, 11) is 1.63. The van der Waals surface area contributed by atoms with Crippen molar-refractivity contribution in [1.29, 1.82) is 0 Å². The van der Waals surface area contributed by atoms with E-state index in [-0.39, 0.29) is 5.91 Å². The third-order valence-electron chi connectivity index (χ3n) is 2.63. The molecule has 0 bridgehead atoms. The Labute approximate surface area is 144 Å². The number of benzene rings is 2. The smallest absolute Gasteiger partial charge is 0.234 e. The molecular weight excluding hydrogens is 418 g/mol. The number of ether oxygens (including phenoxy) is 1. The van der Waals surface area contributed by atoms with Crippen molar-refractivity contribution in [2.45, 2.75) is 4.90 Å². The van der Waals surface area contributed by atoms with Gasteiger partial charge >= 0.3 is 0 Å². The normalized spacial score (nSPS) is 10.2. The molecule has 21 heavy (non-hydrogen) atoms. The molecule has 0 spiro atoms. The fourth-order valence-electron chi connectivity index (χ4n) is 1.60. The van der Waals surface area contributed by atoms with Crippen molar-refractivity contribution in [3.8, 4) is 5.75 Å². The van der Waals surface area contributed by atoms with Crippen LogP contribution in [0.25, 0.3) is 0 Å². The summed E-state index contributed by atoms with van der Waals surface area (Å²) in [5.41, 5.74) is 0.754. The van der Waals surface area contributed by atoms with E-state index in [1.807, 2.05) is 42.5 Å². The molecule has 2 aromatic carbocycles. The van der Waals surface area contributed by atoms with E-state index in [9.17, 15) is 4.79 Å². The lowest BCUT2D eigenvalue weighted by Crippen LogP contribution is -2.14. The molecule has 0 heterocycles. The van der Waals surface area contributed by atoms with Gasteiger partial charge in [0.15, 0.2) is 0 Å². The predicted octanol–water partition coefficient (Wildman–Crippen LogP) is 4.95. The van der Waals surface area contributed by atoms with Crippen molar-refractivity contribution in [2.75, 3.05) is 18.2 Å². The molecule has 2 rings (SSSR count). The summed E-state index contributed by atoms with van der Waals surface area (Å²) in [6.07, 6.45) is 0. The number of methoxy groups -OCH3 is 1. The molecule has 2 aromatic rings. The molecule has 0 aliphatic carbocycles. The Morgan fingerprint density at radius 3 is 2.57 bits per heavy atom. The van der Waals surface area contributed by atoms with Gasteiger partial charge in [0.1, 0.15) is 5.75 Å². The van der Waals surface area contributed by atoms with Crippen molar-refractivity contribution in [1.82, 2.24) is 0 Å². The number of anilines is 1.